The summed E-state index contributed by atoms with van der Waals surface area (Å²) in [7, 11) is 0. The number of nitrogens with two attached hydrogens (primary N) is 1. The second-order valence-corrected chi connectivity index (χ2v) is 3.92. The molecule has 0 aliphatic carbocycles. The van der Waals surface area contributed by atoms with Crippen molar-refractivity contribution in [1.82, 2.24) is 4.90 Å². The van der Waals surface area contributed by atoms with Gasteiger partial charge in [-0.15, -0.1) is 0 Å². The molecule has 0 unspecified atom stereocenters. The zero-order chi connectivity index (χ0) is 11.1. The third kappa shape index (κ3) is 6.60. The van der Waals surface area contributed by atoms with E-state index in [1.54, 1.807) is 4.90 Å². The summed E-state index contributed by atoms with van der Waals surface area (Å²) in [6.07, 6.45) is 0.507. The minimum absolute atomic E-state index is 0.145. The molecule has 0 saturated carbocycles. The molecule has 0 aromatic carbocycles. The fourth-order valence-electron chi connectivity index (χ4n) is 1.28. The van der Waals surface area contributed by atoms with Crippen molar-refractivity contribution in [3.05, 3.63) is 0 Å². The van der Waals surface area contributed by atoms with Crippen LogP contribution in [0.15, 0.2) is 0 Å². The Morgan fingerprint density at radius 1 is 1.29 bits per heavy atom. The number of rotatable bonds is 7. The molecular weight excluding hydrogens is 180 g/mol. The van der Waals surface area contributed by atoms with Gasteiger partial charge in [-0.3, -0.25) is 14.5 Å². The van der Waals surface area contributed by atoms with E-state index in [9.17, 15) is 9.59 Å². The van der Waals surface area contributed by atoms with Gasteiger partial charge < -0.3 is 5.73 Å². The number of hydrogen-bond acceptors (Lipinski definition) is 3. The standard InChI is InChI=1S/C10H20N2O2/c1-4-9(13)6-12(5-8(2)3)7-10(11)14/h8H,4-7H2,1-3H3,(H2,11,14). The van der Waals surface area contributed by atoms with Crippen molar-refractivity contribution in [3.63, 3.8) is 0 Å². The molecule has 0 aliphatic rings. The van der Waals surface area contributed by atoms with E-state index in [0.717, 1.165) is 6.54 Å². The summed E-state index contributed by atoms with van der Waals surface area (Å²) >= 11 is 0. The molecule has 0 heterocycles. The molecule has 4 heteroatoms. The third-order valence-corrected chi connectivity index (χ3v) is 1.80. The summed E-state index contributed by atoms with van der Waals surface area (Å²) in [5.41, 5.74) is 5.09. The Kier molecular flexibility index (Phi) is 6.12. The minimum atomic E-state index is -0.380. The molecule has 14 heavy (non-hydrogen) atoms. The van der Waals surface area contributed by atoms with Crippen molar-refractivity contribution >= 4 is 11.7 Å². The minimum Gasteiger partial charge on any atom is -0.369 e. The number of amides is 1. The van der Waals surface area contributed by atoms with E-state index in [2.05, 4.69) is 0 Å². The van der Waals surface area contributed by atoms with Crippen molar-refractivity contribution in [2.24, 2.45) is 11.7 Å². The quantitative estimate of drug-likeness (QED) is 0.647. The van der Waals surface area contributed by atoms with Crippen LogP contribution in [-0.2, 0) is 9.59 Å². The first-order chi connectivity index (χ1) is 6.45. The molecule has 2 N–H and O–H groups in total. The lowest BCUT2D eigenvalue weighted by Gasteiger charge is -2.21. The number of Topliss-reactive ketones (excluding diaryl/α,β-unsaturated/α-hetero) is 1. The van der Waals surface area contributed by atoms with Crippen molar-refractivity contribution < 1.29 is 9.59 Å². The number of carbonyl (C=O) groups is 2. The zero-order valence-corrected chi connectivity index (χ0v) is 9.25. The van der Waals surface area contributed by atoms with Crippen LogP contribution in [-0.4, -0.2) is 36.2 Å². The Morgan fingerprint density at radius 3 is 2.21 bits per heavy atom. The number of primary amides is 1. The van der Waals surface area contributed by atoms with Crippen LogP contribution < -0.4 is 5.73 Å². The van der Waals surface area contributed by atoms with Crippen molar-refractivity contribution in [1.29, 1.82) is 0 Å². The monoisotopic (exact) mass is 200 g/mol. The lowest BCUT2D eigenvalue weighted by molar-refractivity contribution is -0.122. The first kappa shape index (κ1) is 13.1. The maximum Gasteiger partial charge on any atom is 0.231 e. The van der Waals surface area contributed by atoms with Gasteiger partial charge in [0, 0.05) is 13.0 Å². The molecule has 0 saturated heterocycles. The molecule has 0 bridgehead atoms. The molecule has 0 atom stereocenters. The van der Waals surface area contributed by atoms with Crippen LogP contribution >= 0.6 is 0 Å². The first-order valence-electron chi connectivity index (χ1n) is 4.98. The zero-order valence-electron chi connectivity index (χ0n) is 9.25. The predicted octanol–water partition coefficient (Wildman–Crippen LogP) is 0.409. The van der Waals surface area contributed by atoms with E-state index in [1.165, 1.54) is 0 Å². The van der Waals surface area contributed by atoms with Gasteiger partial charge in [0.2, 0.25) is 5.91 Å². The highest BCUT2D eigenvalue weighted by Crippen LogP contribution is 1.99. The molecule has 4 nitrogen and oxygen atoms in total. The molecule has 82 valence electrons. The van der Waals surface area contributed by atoms with Crippen molar-refractivity contribution in [3.8, 4) is 0 Å². The van der Waals surface area contributed by atoms with E-state index in [1.807, 2.05) is 20.8 Å². The topological polar surface area (TPSA) is 63.4 Å². The maximum absolute atomic E-state index is 11.2. The van der Waals surface area contributed by atoms with Crippen molar-refractivity contribution in [2.45, 2.75) is 27.2 Å². The highest BCUT2D eigenvalue weighted by atomic mass is 16.1. The number of ketones is 1. The van der Waals surface area contributed by atoms with E-state index in [4.69, 9.17) is 5.73 Å². The highest BCUT2D eigenvalue weighted by Gasteiger charge is 2.12. The summed E-state index contributed by atoms with van der Waals surface area (Å²) in [6, 6.07) is 0. The second kappa shape index (κ2) is 6.54. The molecule has 0 radical (unpaired) electrons. The lowest BCUT2D eigenvalue weighted by Crippen LogP contribution is -2.39. The Morgan fingerprint density at radius 2 is 1.86 bits per heavy atom. The van der Waals surface area contributed by atoms with E-state index >= 15 is 0 Å². The highest BCUT2D eigenvalue weighted by molar-refractivity contribution is 5.81. The summed E-state index contributed by atoms with van der Waals surface area (Å²) in [5, 5.41) is 0. The summed E-state index contributed by atoms with van der Waals surface area (Å²) in [6.45, 7) is 7.14. The lowest BCUT2D eigenvalue weighted by atomic mass is 10.2. The van der Waals surface area contributed by atoms with Crippen LogP contribution in [0.1, 0.15) is 27.2 Å². The van der Waals surface area contributed by atoms with Crippen LogP contribution in [0.4, 0.5) is 0 Å². The molecule has 1 amide bonds. The molecule has 0 aliphatic heterocycles. The van der Waals surface area contributed by atoms with Gasteiger partial charge in [0.25, 0.3) is 0 Å². The van der Waals surface area contributed by atoms with Gasteiger partial charge in [-0.05, 0) is 5.92 Å². The Balaban J connectivity index is 4.09. The van der Waals surface area contributed by atoms with Crippen LogP contribution in [0.3, 0.4) is 0 Å². The average molecular weight is 200 g/mol. The normalized spacial score (nSPS) is 10.9. The number of carbonyl (C=O) groups excluding carboxylic acids is 2. The average Bonchev–Trinajstić information content (AvgIpc) is 2.01. The largest absolute Gasteiger partial charge is 0.369 e. The SMILES string of the molecule is CCC(=O)CN(CC(N)=O)CC(C)C. The van der Waals surface area contributed by atoms with Gasteiger partial charge in [0.1, 0.15) is 5.78 Å². The fraction of sp³-hybridized carbons (Fsp3) is 0.800. The number of hydrogen-bond donors (Lipinski definition) is 1. The fourth-order valence-corrected chi connectivity index (χ4v) is 1.28. The summed E-state index contributed by atoms with van der Waals surface area (Å²) in [4.78, 5) is 23.7. The Hall–Kier alpha value is -0.900. The van der Waals surface area contributed by atoms with Crippen LogP contribution in [0.25, 0.3) is 0 Å². The van der Waals surface area contributed by atoms with Crippen molar-refractivity contribution in [2.75, 3.05) is 19.6 Å². The molecule has 0 aromatic heterocycles. The molecular formula is C10H20N2O2. The van der Waals surface area contributed by atoms with Gasteiger partial charge in [0.05, 0.1) is 13.1 Å². The van der Waals surface area contributed by atoms with Gasteiger partial charge in [-0.1, -0.05) is 20.8 Å². The number of nitrogens with zero attached hydrogens (tertiary/aromatic N) is 1. The first-order valence-corrected chi connectivity index (χ1v) is 4.98. The van der Waals surface area contributed by atoms with E-state index < -0.39 is 0 Å². The molecule has 0 fully saturated rings. The predicted molar refractivity (Wildman–Crippen MR) is 55.8 cm³/mol. The van der Waals surface area contributed by atoms with E-state index in [-0.39, 0.29) is 18.2 Å². The maximum atomic E-state index is 11.2. The summed E-state index contributed by atoms with van der Waals surface area (Å²) < 4.78 is 0. The van der Waals surface area contributed by atoms with Gasteiger partial charge in [-0.25, -0.2) is 0 Å². The Bertz CT molecular complexity index is 202. The van der Waals surface area contributed by atoms with E-state index in [0.29, 0.717) is 18.9 Å². The second-order valence-electron chi connectivity index (χ2n) is 3.92. The van der Waals surface area contributed by atoms with Gasteiger partial charge >= 0.3 is 0 Å². The van der Waals surface area contributed by atoms with Gasteiger partial charge in [-0.2, -0.15) is 0 Å². The van der Waals surface area contributed by atoms with Crippen LogP contribution in [0, 0.1) is 5.92 Å². The summed E-state index contributed by atoms with van der Waals surface area (Å²) in [5.74, 6) is 0.195. The Labute approximate surface area is 85.4 Å². The molecule has 0 rings (SSSR count). The van der Waals surface area contributed by atoms with Crippen LogP contribution in [0.5, 0.6) is 0 Å². The van der Waals surface area contributed by atoms with Crippen LogP contribution in [0.2, 0.25) is 0 Å². The molecule has 0 spiro atoms. The third-order valence-electron chi connectivity index (χ3n) is 1.80. The molecule has 0 aromatic rings. The smallest absolute Gasteiger partial charge is 0.231 e. The van der Waals surface area contributed by atoms with Gasteiger partial charge in [0.15, 0.2) is 0 Å².